The van der Waals surface area contributed by atoms with Gasteiger partial charge in [-0.15, -0.1) is 11.3 Å². The quantitative estimate of drug-likeness (QED) is 0.192. The summed E-state index contributed by atoms with van der Waals surface area (Å²) in [6.45, 7) is 1.34. The van der Waals surface area contributed by atoms with Gasteiger partial charge in [0.25, 0.3) is 5.91 Å². The largest absolute Gasteiger partial charge is 0.497 e. The standard InChI is InChI=1S/C33H30N4O6S/c1-43-24-13-9-22(10-14-24)19-36-16-15-25-27(33(41)42)30(35-37-31(39)32(37)40)44-28(25)26(36)18-34-29(38)23-11-7-21(8-12-23)17-20-5-3-2-4-6-20/h2-14,26,35H,15-19H2,1H3,(H,34,38)(H,41,42). The number of anilines is 1. The fourth-order valence-corrected chi connectivity index (χ4v) is 6.86. The first-order chi connectivity index (χ1) is 21.3. The number of nitrogens with zero attached hydrogens (tertiary/aromatic N) is 2. The van der Waals surface area contributed by atoms with Gasteiger partial charge < -0.3 is 15.2 Å². The maximum Gasteiger partial charge on any atom is 0.340 e. The molecule has 0 spiro atoms. The lowest BCUT2D eigenvalue weighted by atomic mass is 9.96. The molecule has 6 rings (SSSR count). The van der Waals surface area contributed by atoms with Crippen LogP contribution >= 0.6 is 11.3 Å². The van der Waals surface area contributed by atoms with Crippen molar-refractivity contribution in [1.82, 2.24) is 14.9 Å². The first kappa shape index (κ1) is 29.1. The van der Waals surface area contributed by atoms with Crippen LogP contribution in [-0.4, -0.2) is 46.8 Å². The number of carboxylic acids is 1. The molecular weight excluding hydrogens is 580 g/mol. The van der Waals surface area contributed by atoms with Crippen molar-refractivity contribution < 1.29 is 19.4 Å². The fraction of sp³-hybridized carbons (Fsp3) is 0.212. The molecule has 1 unspecified atom stereocenters. The van der Waals surface area contributed by atoms with Crippen LogP contribution in [0.2, 0.25) is 0 Å². The molecule has 2 aromatic heterocycles. The lowest BCUT2D eigenvalue weighted by Crippen LogP contribution is -2.41. The third-order valence-corrected chi connectivity index (χ3v) is 9.10. The molecule has 44 heavy (non-hydrogen) atoms. The van der Waals surface area contributed by atoms with E-state index in [0.717, 1.165) is 32.9 Å². The Kier molecular flexibility index (Phi) is 8.14. The number of hydrogen-bond acceptors (Lipinski definition) is 8. The molecule has 0 fully saturated rings. The Bertz CT molecular complexity index is 1850. The minimum atomic E-state index is -1.14. The number of thiophene rings is 1. The molecule has 0 radical (unpaired) electrons. The minimum Gasteiger partial charge on any atom is -0.497 e. The van der Waals surface area contributed by atoms with Crippen LogP contribution in [0.15, 0.2) is 88.5 Å². The lowest BCUT2D eigenvalue weighted by Gasteiger charge is -2.36. The summed E-state index contributed by atoms with van der Waals surface area (Å²) in [5, 5.41) is 13.4. The molecule has 3 heterocycles. The van der Waals surface area contributed by atoms with E-state index in [1.54, 1.807) is 7.11 Å². The highest BCUT2D eigenvalue weighted by Gasteiger charge is 2.36. The Hall–Kier alpha value is -5.00. The SMILES string of the molecule is COc1ccc(CN2CCc3c(sc(Nn4c(=O)c4=O)c3C(=O)O)C2CNC(=O)c2ccc(Cc3ccccc3)cc2)cc1. The average Bonchev–Trinajstić information content (AvgIpc) is 3.41. The van der Waals surface area contributed by atoms with E-state index in [-0.39, 0.29) is 29.1 Å². The smallest absolute Gasteiger partial charge is 0.340 e. The molecule has 1 amide bonds. The van der Waals surface area contributed by atoms with Crippen molar-refractivity contribution in [2.24, 2.45) is 0 Å². The van der Waals surface area contributed by atoms with Gasteiger partial charge in [0.15, 0.2) is 0 Å². The van der Waals surface area contributed by atoms with Crippen LogP contribution < -0.4 is 26.6 Å². The third kappa shape index (κ3) is 6.05. The second-order valence-electron chi connectivity index (χ2n) is 10.7. The third-order valence-electron chi connectivity index (χ3n) is 7.86. The number of ether oxygens (including phenoxy) is 1. The summed E-state index contributed by atoms with van der Waals surface area (Å²) in [6.07, 6.45) is 1.23. The van der Waals surface area contributed by atoms with Gasteiger partial charge in [0.1, 0.15) is 10.8 Å². The Morgan fingerprint density at radius 2 is 1.59 bits per heavy atom. The molecule has 3 aromatic carbocycles. The molecule has 11 heteroatoms. The summed E-state index contributed by atoms with van der Waals surface area (Å²) < 4.78 is 6.09. The molecule has 5 aromatic rings. The topological polar surface area (TPSA) is 130 Å². The Balaban J connectivity index is 1.25. The van der Waals surface area contributed by atoms with E-state index >= 15 is 0 Å². The van der Waals surface area contributed by atoms with Crippen molar-refractivity contribution >= 4 is 28.2 Å². The highest BCUT2D eigenvalue weighted by molar-refractivity contribution is 7.16. The number of fused-ring (bicyclic) bond motifs is 1. The van der Waals surface area contributed by atoms with Crippen LogP contribution in [0.5, 0.6) is 5.75 Å². The van der Waals surface area contributed by atoms with Crippen molar-refractivity contribution in [1.29, 1.82) is 0 Å². The number of aromatic carboxylic acids is 1. The van der Waals surface area contributed by atoms with Gasteiger partial charge >= 0.3 is 17.1 Å². The summed E-state index contributed by atoms with van der Waals surface area (Å²) in [4.78, 5) is 51.9. The lowest BCUT2D eigenvalue weighted by molar-refractivity contribution is 0.0694. The predicted octanol–water partition coefficient (Wildman–Crippen LogP) is 3.85. The summed E-state index contributed by atoms with van der Waals surface area (Å²) >= 11 is 1.19. The maximum atomic E-state index is 13.3. The summed E-state index contributed by atoms with van der Waals surface area (Å²) in [7, 11) is 1.61. The number of amides is 1. The van der Waals surface area contributed by atoms with Gasteiger partial charge in [-0.05, 0) is 59.4 Å². The van der Waals surface area contributed by atoms with E-state index in [1.807, 2.05) is 66.7 Å². The van der Waals surface area contributed by atoms with Crippen LogP contribution in [0.25, 0.3) is 0 Å². The van der Waals surface area contributed by atoms with Gasteiger partial charge in [-0.2, -0.15) is 4.68 Å². The van der Waals surface area contributed by atoms with Gasteiger partial charge in [-0.3, -0.25) is 24.7 Å². The van der Waals surface area contributed by atoms with E-state index in [2.05, 4.69) is 27.8 Å². The number of methoxy groups -OCH3 is 1. The van der Waals surface area contributed by atoms with Crippen LogP contribution in [0.4, 0.5) is 5.00 Å². The first-order valence-corrected chi connectivity index (χ1v) is 15.0. The normalized spacial score (nSPS) is 14.7. The Labute approximate surface area is 256 Å². The molecule has 3 N–H and O–H groups in total. The molecule has 0 saturated heterocycles. The molecule has 1 aliphatic rings. The van der Waals surface area contributed by atoms with E-state index < -0.39 is 17.1 Å². The molecule has 0 bridgehead atoms. The number of rotatable bonds is 11. The first-order valence-electron chi connectivity index (χ1n) is 14.1. The summed E-state index contributed by atoms with van der Waals surface area (Å²) in [5.74, 6) is -0.636. The molecule has 1 atom stereocenters. The van der Waals surface area contributed by atoms with Crippen molar-refractivity contribution in [3.63, 3.8) is 0 Å². The Morgan fingerprint density at radius 1 is 0.932 bits per heavy atom. The van der Waals surface area contributed by atoms with E-state index in [0.29, 0.717) is 30.6 Å². The van der Waals surface area contributed by atoms with Crippen LogP contribution in [-0.2, 0) is 19.4 Å². The molecule has 224 valence electrons. The van der Waals surface area contributed by atoms with Crippen molar-refractivity contribution in [2.45, 2.75) is 25.4 Å². The highest BCUT2D eigenvalue weighted by atomic mass is 32.1. The summed E-state index contributed by atoms with van der Waals surface area (Å²) in [5.41, 5.74) is 5.79. The number of benzene rings is 3. The molecular formula is C33H30N4O6S. The van der Waals surface area contributed by atoms with Gasteiger partial charge in [0.2, 0.25) is 0 Å². The number of carbonyl (C=O) groups is 2. The Morgan fingerprint density at radius 3 is 2.23 bits per heavy atom. The van der Waals surface area contributed by atoms with Crippen LogP contribution in [0.3, 0.4) is 0 Å². The van der Waals surface area contributed by atoms with E-state index in [9.17, 15) is 24.3 Å². The van der Waals surface area contributed by atoms with Crippen molar-refractivity contribution in [3.8, 4) is 5.75 Å². The van der Waals surface area contributed by atoms with Gasteiger partial charge in [0.05, 0.1) is 18.7 Å². The van der Waals surface area contributed by atoms with Gasteiger partial charge in [-0.25, -0.2) is 4.79 Å². The van der Waals surface area contributed by atoms with Crippen LogP contribution in [0.1, 0.15) is 53.9 Å². The van der Waals surface area contributed by atoms with Crippen molar-refractivity contribution in [2.75, 3.05) is 25.6 Å². The van der Waals surface area contributed by atoms with Gasteiger partial charge in [-0.1, -0.05) is 54.6 Å². The van der Waals surface area contributed by atoms with Gasteiger partial charge in [0, 0.05) is 30.1 Å². The molecule has 0 saturated carbocycles. The second kappa shape index (κ2) is 12.3. The highest BCUT2D eigenvalue weighted by Crippen LogP contribution is 2.43. The predicted molar refractivity (Wildman–Crippen MR) is 168 cm³/mol. The fourth-order valence-electron chi connectivity index (χ4n) is 5.49. The number of carbonyl (C=O) groups excluding carboxylic acids is 1. The zero-order valence-corrected chi connectivity index (χ0v) is 24.7. The van der Waals surface area contributed by atoms with E-state index in [4.69, 9.17) is 4.74 Å². The average molecular weight is 611 g/mol. The minimum absolute atomic E-state index is 0.0481. The molecule has 1 aliphatic heterocycles. The molecule has 10 nitrogen and oxygen atoms in total. The molecule has 0 aliphatic carbocycles. The zero-order chi connectivity index (χ0) is 30.8. The number of hydrogen-bond donors (Lipinski definition) is 3. The maximum absolute atomic E-state index is 13.3. The zero-order valence-electron chi connectivity index (χ0n) is 23.9. The van der Waals surface area contributed by atoms with Crippen molar-refractivity contribution in [3.05, 3.63) is 138 Å². The second-order valence-corrected chi connectivity index (χ2v) is 11.7. The number of aromatic nitrogens is 1. The monoisotopic (exact) mass is 610 g/mol. The number of nitrogens with one attached hydrogen (secondary N) is 2. The van der Waals surface area contributed by atoms with E-state index in [1.165, 1.54) is 16.9 Å². The van der Waals surface area contributed by atoms with Crippen LogP contribution in [0, 0.1) is 0 Å². The number of carboxylic acid groups (broad SMARTS) is 1. The summed E-state index contributed by atoms with van der Waals surface area (Å²) in [6, 6.07) is 25.0.